The molecule has 1 aromatic heterocycles. The number of rotatable bonds is 6. The van der Waals surface area contributed by atoms with Crippen molar-refractivity contribution in [2.24, 2.45) is 0 Å². The van der Waals surface area contributed by atoms with Gasteiger partial charge in [0.05, 0.1) is 15.8 Å². The van der Waals surface area contributed by atoms with E-state index in [-0.39, 0.29) is 0 Å². The lowest BCUT2D eigenvalue weighted by Gasteiger charge is -2.34. The zero-order chi connectivity index (χ0) is 33.8. The molecule has 0 amide bonds. The highest BCUT2D eigenvalue weighted by Crippen LogP contribution is 2.57. The van der Waals surface area contributed by atoms with Gasteiger partial charge in [-0.05, 0) is 87.0 Å². The van der Waals surface area contributed by atoms with E-state index in [9.17, 15) is 0 Å². The molecule has 0 bridgehead atoms. The van der Waals surface area contributed by atoms with Crippen molar-refractivity contribution in [1.29, 1.82) is 0 Å². The molecule has 0 fully saturated rings. The molecule has 0 N–H and O–H groups in total. The molecule has 9 aromatic rings. The van der Waals surface area contributed by atoms with Crippen molar-refractivity contribution in [3.05, 3.63) is 222 Å². The molecule has 2 heteroatoms. The molecule has 0 radical (unpaired) electrons. The molecular formula is C49H33NS. The van der Waals surface area contributed by atoms with Gasteiger partial charge < -0.3 is 4.90 Å². The lowest BCUT2D eigenvalue weighted by Crippen LogP contribution is -2.28. The Kier molecular flexibility index (Phi) is 6.97. The minimum Gasteiger partial charge on any atom is -0.309 e. The third-order valence-electron chi connectivity index (χ3n) is 10.5. The van der Waals surface area contributed by atoms with Crippen LogP contribution in [0.25, 0.3) is 42.4 Å². The van der Waals surface area contributed by atoms with Gasteiger partial charge in [-0.25, -0.2) is 0 Å². The lowest BCUT2D eigenvalue weighted by molar-refractivity contribution is 0.770. The molecular weight excluding hydrogens is 635 g/mol. The third-order valence-corrected chi connectivity index (χ3v) is 11.7. The van der Waals surface area contributed by atoms with E-state index < -0.39 is 5.41 Å². The van der Waals surface area contributed by atoms with Crippen LogP contribution in [0.2, 0.25) is 0 Å². The summed E-state index contributed by atoms with van der Waals surface area (Å²) in [6.07, 6.45) is 0. The summed E-state index contributed by atoms with van der Waals surface area (Å²) in [5.41, 5.74) is 13.3. The van der Waals surface area contributed by atoms with Crippen molar-refractivity contribution in [3.63, 3.8) is 0 Å². The second-order valence-electron chi connectivity index (χ2n) is 13.3. The highest BCUT2D eigenvalue weighted by molar-refractivity contribution is 7.26. The topological polar surface area (TPSA) is 3.24 Å². The zero-order valence-corrected chi connectivity index (χ0v) is 28.7. The molecule has 1 heterocycles. The van der Waals surface area contributed by atoms with Gasteiger partial charge in [0.15, 0.2) is 0 Å². The van der Waals surface area contributed by atoms with Gasteiger partial charge in [-0.2, -0.15) is 0 Å². The molecule has 0 saturated carbocycles. The Balaban J connectivity index is 1.21. The molecule has 0 atom stereocenters. The molecule has 0 saturated heterocycles. The van der Waals surface area contributed by atoms with Crippen molar-refractivity contribution in [2.75, 3.05) is 4.90 Å². The summed E-state index contributed by atoms with van der Waals surface area (Å²) in [5, 5.41) is 2.56. The Labute approximate surface area is 302 Å². The maximum absolute atomic E-state index is 2.48. The van der Waals surface area contributed by atoms with Gasteiger partial charge in [0.2, 0.25) is 0 Å². The summed E-state index contributed by atoms with van der Waals surface area (Å²) in [5.74, 6) is 0. The zero-order valence-electron chi connectivity index (χ0n) is 27.9. The molecule has 240 valence electrons. The predicted molar refractivity (Wildman–Crippen MR) is 217 cm³/mol. The van der Waals surface area contributed by atoms with Crippen LogP contribution in [-0.2, 0) is 5.41 Å². The van der Waals surface area contributed by atoms with Crippen LogP contribution in [0.3, 0.4) is 0 Å². The van der Waals surface area contributed by atoms with E-state index in [0.717, 1.165) is 11.4 Å². The van der Waals surface area contributed by atoms with Crippen LogP contribution in [0, 0.1) is 0 Å². The van der Waals surface area contributed by atoms with Gasteiger partial charge in [-0.3, -0.25) is 0 Å². The summed E-state index contributed by atoms with van der Waals surface area (Å²) in [6.45, 7) is 0. The van der Waals surface area contributed by atoms with Crippen LogP contribution in [0.1, 0.15) is 22.3 Å². The number of hydrogen-bond acceptors (Lipinski definition) is 2. The Hall–Kier alpha value is -6.22. The standard InChI is InChI=1S/C49H33NS/c1-4-16-34(17-5-1)35-18-14-23-39(32-35)50(38-21-8-3-9-22-38)46-29-15-26-42-43-33-37(30-31-47(43)51-48(42)46)49(36-19-6-2-7-20-36)44-27-12-10-24-40(44)41-25-11-13-28-45(41)49/h1-33H. The van der Waals surface area contributed by atoms with Gasteiger partial charge >= 0.3 is 0 Å². The summed E-state index contributed by atoms with van der Waals surface area (Å²) in [6, 6.07) is 73.3. The molecule has 0 unspecified atom stereocenters. The van der Waals surface area contributed by atoms with E-state index in [1.807, 2.05) is 11.3 Å². The van der Waals surface area contributed by atoms with E-state index in [0.29, 0.717) is 0 Å². The third kappa shape index (κ3) is 4.61. The van der Waals surface area contributed by atoms with Crippen molar-refractivity contribution in [3.8, 4) is 22.3 Å². The summed E-state index contributed by atoms with van der Waals surface area (Å²) in [4.78, 5) is 2.42. The van der Waals surface area contributed by atoms with Crippen molar-refractivity contribution in [1.82, 2.24) is 0 Å². The maximum atomic E-state index is 2.48. The van der Waals surface area contributed by atoms with Crippen LogP contribution in [0.4, 0.5) is 17.1 Å². The number of benzene rings is 8. The minimum atomic E-state index is -0.428. The highest BCUT2D eigenvalue weighted by Gasteiger charge is 2.46. The SMILES string of the molecule is c1ccc(-c2cccc(N(c3ccccc3)c3cccc4c3sc3ccc(C5(c6ccccc6)c6ccccc6-c6ccccc65)cc34)c2)cc1. The van der Waals surface area contributed by atoms with Crippen LogP contribution in [-0.4, -0.2) is 0 Å². The number of thiophene rings is 1. The van der Waals surface area contributed by atoms with Gasteiger partial charge in [0.1, 0.15) is 0 Å². The quantitative estimate of drug-likeness (QED) is 0.171. The van der Waals surface area contributed by atoms with Crippen LogP contribution >= 0.6 is 11.3 Å². The summed E-state index contributed by atoms with van der Waals surface area (Å²) >= 11 is 1.88. The summed E-state index contributed by atoms with van der Waals surface area (Å²) in [7, 11) is 0. The maximum Gasteiger partial charge on any atom is 0.0713 e. The second-order valence-corrected chi connectivity index (χ2v) is 14.3. The Bertz CT molecular complexity index is 2650. The molecule has 1 aliphatic rings. The molecule has 0 aliphatic heterocycles. The highest BCUT2D eigenvalue weighted by atomic mass is 32.1. The minimum absolute atomic E-state index is 0.428. The molecule has 8 aromatic carbocycles. The van der Waals surface area contributed by atoms with Crippen LogP contribution < -0.4 is 4.90 Å². The van der Waals surface area contributed by atoms with Gasteiger partial charge in [0.25, 0.3) is 0 Å². The van der Waals surface area contributed by atoms with Gasteiger partial charge in [-0.1, -0.05) is 158 Å². The lowest BCUT2D eigenvalue weighted by atomic mass is 9.67. The fourth-order valence-corrected chi connectivity index (χ4v) is 9.55. The fourth-order valence-electron chi connectivity index (χ4n) is 8.36. The number of nitrogens with zero attached hydrogens (tertiary/aromatic N) is 1. The average Bonchev–Trinajstić information content (AvgIpc) is 3.73. The Morgan fingerprint density at radius 1 is 0.392 bits per heavy atom. The van der Waals surface area contributed by atoms with E-state index in [1.165, 1.54) is 70.4 Å². The van der Waals surface area contributed by atoms with Crippen molar-refractivity contribution < 1.29 is 0 Å². The number of fused-ring (bicyclic) bond motifs is 6. The van der Waals surface area contributed by atoms with E-state index in [4.69, 9.17) is 0 Å². The molecule has 51 heavy (non-hydrogen) atoms. The number of anilines is 3. The first-order valence-corrected chi connectivity index (χ1v) is 18.3. The molecule has 10 rings (SSSR count). The normalized spacial score (nSPS) is 12.9. The summed E-state index contributed by atoms with van der Waals surface area (Å²) < 4.78 is 2.56. The Morgan fingerprint density at radius 2 is 0.980 bits per heavy atom. The smallest absolute Gasteiger partial charge is 0.0713 e. The second kappa shape index (κ2) is 12.0. The first-order valence-electron chi connectivity index (χ1n) is 17.5. The predicted octanol–water partition coefficient (Wildman–Crippen LogP) is 13.6. The van der Waals surface area contributed by atoms with Crippen LogP contribution in [0.15, 0.2) is 200 Å². The first kappa shape index (κ1) is 29.7. The van der Waals surface area contributed by atoms with E-state index in [2.05, 4.69) is 205 Å². The number of hydrogen-bond donors (Lipinski definition) is 0. The van der Waals surface area contributed by atoms with Gasteiger partial charge in [0, 0.05) is 26.8 Å². The Morgan fingerprint density at radius 3 is 1.71 bits per heavy atom. The van der Waals surface area contributed by atoms with Crippen molar-refractivity contribution >= 4 is 48.6 Å². The van der Waals surface area contributed by atoms with E-state index >= 15 is 0 Å². The average molecular weight is 668 g/mol. The van der Waals surface area contributed by atoms with Gasteiger partial charge in [-0.15, -0.1) is 11.3 Å². The van der Waals surface area contributed by atoms with Crippen LogP contribution in [0.5, 0.6) is 0 Å². The van der Waals surface area contributed by atoms with Crippen molar-refractivity contribution in [2.45, 2.75) is 5.41 Å². The molecule has 1 nitrogen and oxygen atoms in total. The molecule has 0 spiro atoms. The van der Waals surface area contributed by atoms with E-state index in [1.54, 1.807) is 0 Å². The largest absolute Gasteiger partial charge is 0.309 e. The first-order chi connectivity index (χ1) is 25.3. The fraction of sp³-hybridized carbons (Fsp3) is 0.0204. The number of para-hydroxylation sites is 1. The monoisotopic (exact) mass is 667 g/mol. The molecule has 1 aliphatic carbocycles.